The van der Waals surface area contributed by atoms with E-state index in [-0.39, 0.29) is 15.7 Å². The van der Waals surface area contributed by atoms with Crippen LogP contribution in [0.15, 0.2) is 46.9 Å². The highest BCUT2D eigenvalue weighted by molar-refractivity contribution is 9.10. The van der Waals surface area contributed by atoms with Crippen molar-refractivity contribution >= 4 is 37.5 Å². The van der Waals surface area contributed by atoms with Gasteiger partial charge in [-0.1, -0.05) is 18.2 Å². The maximum Gasteiger partial charge on any atom is 0.264 e. The zero-order valence-electron chi connectivity index (χ0n) is 11.5. The zero-order chi connectivity index (χ0) is 17.0. The van der Waals surface area contributed by atoms with Gasteiger partial charge in [0.25, 0.3) is 15.9 Å². The Balaban J connectivity index is 2.05. The molecule has 23 heavy (non-hydrogen) atoms. The molecule has 0 saturated heterocycles. The minimum absolute atomic E-state index is 0.0826. The van der Waals surface area contributed by atoms with E-state index in [4.69, 9.17) is 0 Å². The summed E-state index contributed by atoms with van der Waals surface area (Å²) in [4.78, 5) is 11.8. The van der Waals surface area contributed by atoms with Crippen molar-refractivity contribution in [1.82, 2.24) is 4.72 Å². The number of rotatable bonds is 5. The van der Waals surface area contributed by atoms with Crippen LogP contribution in [0.25, 0.3) is 0 Å². The Morgan fingerprint density at radius 3 is 2.35 bits per heavy atom. The van der Waals surface area contributed by atoms with Crippen molar-refractivity contribution in [1.29, 1.82) is 0 Å². The number of hydrogen-bond acceptors (Lipinski definition) is 4. The standard InChI is InChI=1S/C14H11BrF2N2O3S/c15-10-6-7-11(13(17)12(10)16)18-8-23(21,22)19-14(20)9-4-2-1-3-5-9/h1-7,18H,8H2,(H,19,20). The normalized spacial score (nSPS) is 11.1. The molecule has 2 aromatic carbocycles. The van der Waals surface area contributed by atoms with Gasteiger partial charge in [0.15, 0.2) is 11.6 Å². The molecule has 0 aromatic heterocycles. The lowest BCUT2D eigenvalue weighted by Crippen LogP contribution is -2.34. The van der Waals surface area contributed by atoms with Crippen LogP contribution in [0.4, 0.5) is 14.5 Å². The molecule has 0 bridgehead atoms. The summed E-state index contributed by atoms with van der Waals surface area (Å²) in [7, 11) is -4.08. The van der Waals surface area contributed by atoms with Gasteiger partial charge in [-0.25, -0.2) is 21.9 Å². The summed E-state index contributed by atoms with van der Waals surface area (Å²) in [5, 5.41) is 2.24. The van der Waals surface area contributed by atoms with E-state index < -0.39 is 33.4 Å². The van der Waals surface area contributed by atoms with E-state index >= 15 is 0 Å². The molecule has 0 spiro atoms. The van der Waals surface area contributed by atoms with Crippen LogP contribution < -0.4 is 10.0 Å². The molecule has 5 nitrogen and oxygen atoms in total. The minimum Gasteiger partial charge on any atom is -0.368 e. The number of carbonyl (C=O) groups is 1. The van der Waals surface area contributed by atoms with E-state index in [0.29, 0.717) is 0 Å². The number of anilines is 1. The van der Waals surface area contributed by atoms with Gasteiger partial charge in [-0.3, -0.25) is 4.79 Å². The van der Waals surface area contributed by atoms with Crippen molar-refractivity contribution in [3.05, 3.63) is 64.1 Å². The van der Waals surface area contributed by atoms with Crippen molar-refractivity contribution in [2.24, 2.45) is 0 Å². The first-order chi connectivity index (χ1) is 10.8. The largest absolute Gasteiger partial charge is 0.368 e. The smallest absolute Gasteiger partial charge is 0.264 e. The summed E-state index contributed by atoms with van der Waals surface area (Å²) in [5.74, 6) is -3.96. The van der Waals surface area contributed by atoms with Gasteiger partial charge in [0.05, 0.1) is 10.2 Å². The van der Waals surface area contributed by atoms with E-state index in [1.165, 1.54) is 24.3 Å². The first kappa shape index (κ1) is 17.4. The van der Waals surface area contributed by atoms with Crippen molar-refractivity contribution in [2.45, 2.75) is 0 Å². The third kappa shape index (κ3) is 4.49. The molecule has 0 aliphatic carbocycles. The molecule has 2 rings (SSSR count). The lowest BCUT2D eigenvalue weighted by Gasteiger charge is -2.10. The van der Waals surface area contributed by atoms with Gasteiger partial charge in [-0.05, 0) is 40.2 Å². The molecule has 0 radical (unpaired) electrons. The van der Waals surface area contributed by atoms with Crippen molar-refractivity contribution < 1.29 is 22.0 Å². The maximum absolute atomic E-state index is 13.6. The minimum atomic E-state index is -4.08. The average Bonchev–Trinajstić information content (AvgIpc) is 2.52. The van der Waals surface area contributed by atoms with Gasteiger partial charge in [0, 0.05) is 5.56 Å². The first-order valence-corrected chi connectivity index (χ1v) is 8.72. The van der Waals surface area contributed by atoms with Crippen molar-refractivity contribution in [2.75, 3.05) is 11.2 Å². The third-order valence-electron chi connectivity index (χ3n) is 2.77. The second-order valence-corrected chi connectivity index (χ2v) is 7.03. The van der Waals surface area contributed by atoms with Gasteiger partial charge < -0.3 is 5.32 Å². The molecular weight excluding hydrogens is 394 g/mol. The Labute approximate surface area is 139 Å². The number of nitrogens with one attached hydrogen (secondary N) is 2. The predicted molar refractivity (Wildman–Crippen MR) is 85.4 cm³/mol. The number of benzene rings is 2. The van der Waals surface area contributed by atoms with Crippen LogP contribution >= 0.6 is 15.9 Å². The SMILES string of the molecule is O=C(NS(=O)(=O)CNc1ccc(Br)c(F)c1F)c1ccccc1. The number of carbonyl (C=O) groups excluding carboxylic acids is 1. The Morgan fingerprint density at radius 1 is 1.04 bits per heavy atom. The Morgan fingerprint density at radius 2 is 1.70 bits per heavy atom. The summed E-state index contributed by atoms with van der Waals surface area (Å²) >= 11 is 2.81. The maximum atomic E-state index is 13.6. The fraction of sp³-hybridized carbons (Fsp3) is 0.0714. The number of amides is 1. The molecule has 9 heteroatoms. The number of halogens is 3. The summed E-state index contributed by atoms with van der Waals surface area (Å²) < 4.78 is 52.4. The van der Waals surface area contributed by atoms with Gasteiger partial charge in [-0.2, -0.15) is 0 Å². The van der Waals surface area contributed by atoms with Gasteiger partial charge in [-0.15, -0.1) is 0 Å². The summed E-state index contributed by atoms with van der Waals surface area (Å²) in [6, 6.07) is 10.1. The van der Waals surface area contributed by atoms with Crippen LogP contribution in [0.1, 0.15) is 10.4 Å². The molecule has 0 heterocycles. The second kappa shape index (κ2) is 7.05. The van der Waals surface area contributed by atoms with Crippen LogP contribution in [0.2, 0.25) is 0 Å². The molecule has 0 atom stereocenters. The lowest BCUT2D eigenvalue weighted by molar-refractivity contribution is 0.0981. The summed E-state index contributed by atoms with van der Waals surface area (Å²) in [6.45, 7) is 0. The fourth-order valence-corrected chi connectivity index (χ4v) is 2.79. The molecule has 2 N–H and O–H groups in total. The van der Waals surface area contributed by atoms with Crippen LogP contribution in [0.3, 0.4) is 0 Å². The third-order valence-corrected chi connectivity index (χ3v) is 4.41. The Kier molecular flexibility index (Phi) is 5.32. The van der Waals surface area contributed by atoms with Crippen LogP contribution in [0.5, 0.6) is 0 Å². The van der Waals surface area contributed by atoms with Gasteiger partial charge in [0.2, 0.25) is 0 Å². The molecule has 0 aliphatic heterocycles. The van der Waals surface area contributed by atoms with Crippen molar-refractivity contribution in [3.63, 3.8) is 0 Å². The Hall–Kier alpha value is -2.00. The van der Waals surface area contributed by atoms with Gasteiger partial charge >= 0.3 is 0 Å². The zero-order valence-corrected chi connectivity index (χ0v) is 13.9. The van der Waals surface area contributed by atoms with Gasteiger partial charge in [0.1, 0.15) is 5.88 Å². The van der Waals surface area contributed by atoms with Crippen LogP contribution in [-0.4, -0.2) is 20.2 Å². The first-order valence-electron chi connectivity index (χ1n) is 6.27. The molecule has 122 valence electrons. The van der Waals surface area contributed by atoms with E-state index in [0.717, 1.165) is 0 Å². The van der Waals surface area contributed by atoms with Crippen molar-refractivity contribution in [3.8, 4) is 0 Å². The molecule has 0 saturated carbocycles. The van der Waals surface area contributed by atoms with E-state index in [1.54, 1.807) is 18.2 Å². The number of hydrogen-bond donors (Lipinski definition) is 2. The Bertz CT molecular complexity index is 829. The van der Waals surface area contributed by atoms with E-state index in [1.807, 2.05) is 4.72 Å². The van der Waals surface area contributed by atoms with Crippen LogP contribution in [0, 0.1) is 11.6 Å². The monoisotopic (exact) mass is 404 g/mol. The highest BCUT2D eigenvalue weighted by Gasteiger charge is 2.18. The molecule has 2 aromatic rings. The lowest BCUT2D eigenvalue weighted by atomic mass is 10.2. The summed E-state index contributed by atoms with van der Waals surface area (Å²) in [5.41, 5.74) is -0.167. The molecule has 0 fully saturated rings. The average molecular weight is 405 g/mol. The predicted octanol–water partition coefficient (Wildman–Crippen LogP) is 2.86. The molecule has 0 unspecified atom stereocenters. The topological polar surface area (TPSA) is 75.3 Å². The quantitative estimate of drug-likeness (QED) is 0.751. The molecule has 0 aliphatic rings. The highest BCUT2D eigenvalue weighted by Crippen LogP contribution is 2.24. The molecular formula is C14H11BrF2N2O3S. The number of sulfonamides is 1. The highest BCUT2D eigenvalue weighted by atomic mass is 79.9. The van der Waals surface area contributed by atoms with E-state index in [9.17, 15) is 22.0 Å². The fourth-order valence-electron chi connectivity index (χ4n) is 1.66. The van der Waals surface area contributed by atoms with Crippen LogP contribution in [-0.2, 0) is 10.0 Å². The summed E-state index contributed by atoms with van der Waals surface area (Å²) in [6.07, 6.45) is 0. The molecule has 1 amide bonds. The van der Waals surface area contributed by atoms with E-state index in [2.05, 4.69) is 21.2 Å². The second-order valence-electron chi connectivity index (χ2n) is 4.46.